The molecule has 1 aliphatic rings. The molecule has 30 heavy (non-hydrogen) atoms. The van der Waals surface area contributed by atoms with Crippen LogP contribution in [0.1, 0.15) is 68.3 Å². The maximum atomic E-state index is 13.3. The van der Waals surface area contributed by atoms with Crippen LogP contribution in [-0.4, -0.2) is 5.97 Å². The summed E-state index contributed by atoms with van der Waals surface area (Å²) in [6, 6.07) is 8.39. The fourth-order valence-electron chi connectivity index (χ4n) is 4.53. The lowest BCUT2D eigenvalue weighted by Crippen LogP contribution is -2.21. The molecule has 1 atom stereocenters. The fraction of sp³-hybridized carbons (Fsp3) is 0.480. The van der Waals surface area contributed by atoms with Gasteiger partial charge in [-0.15, -0.1) is 0 Å². The summed E-state index contributed by atoms with van der Waals surface area (Å²) in [4.78, 5) is 12.2. The summed E-state index contributed by atoms with van der Waals surface area (Å²) in [7, 11) is 0. The highest BCUT2D eigenvalue weighted by Crippen LogP contribution is 2.36. The third kappa shape index (κ3) is 5.65. The largest absolute Gasteiger partial charge is 0.423 e. The molecule has 2 nitrogen and oxygen atoms in total. The van der Waals surface area contributed by atoms with E-state index >= 15 is 0 Å². The zero-order chi connectivity index (χ0) is 21.7. The first-order chi connectivity index (χ1) is 14.4. The topological polar surface area (TPSA) is 26.3 Å². The van der Waals surface area contributed by atoms with Gasteiger partial charge in [-0.3, -0.25) is 0 Å². The Bertz CT molecular complexity index is 832. The Morgan fingerprint density at radius 1 is 1.03 bits per heavy atom. The van der Waals surface area contributed by atoms with Gasteiger partial charge in [0.25, 0.3) is 0 Å². The number of esters is 1. The van der Waals surface area contributed by atoms with Gasteiger partial charge in [0.2, 0.25) is 0 Å². The normalized spacial score (nSPS) is 20.0. The lowest BCUT2D eigenvalue weighted by atomic mass is 9.74. The minimum absolute atomic E-state index is 0.275. The third-order valence-corrected chi connectivity index (χ3v) is 6.31. The molecule has 0 radical (unpaired) electrons. The third-order valence-electron chi connectivity index (χ3n) is 6.31. The van der Waals surface area contributed by atoms with Crippen molar-refractivity contribution in [1.82, 2.24) is 0 Å². The Hall–Kier alpha value is -2.30. The Morgan fingerprint density at radius 2 is 1.63 bits per heavy atom. The number of ether oxygens (including phenoxy) is 1. The van der Waals surface area contributed by atoms with Crippen LogP contribution >= 0.6 is 0 Å². The van der Waals surface area contributed by atoms with E-state index in [1.165, 1.54) is 38.5 Å². The first kappa shape index (κ1) is 22.4. The second kappa shape index (κ2) is 10.1. The molecule has 0 saturated heterocycles. The van der Waals surface area contributed by atoms with Gasteiger partial charge in [-0.2, -0.15) is 0 Å². The van der Waals surface area contributed by atoms with Crippen molar-refractivity contribution in [3.05, 3.63) is 65.0 Å². The first-order valence-corrected chi connectivity index (χ1v) is 10.8. The molecule has 5 heteroatoms. The highest BCUT2D eigenvalue weighted by Gasteiger charge is 2.25. The Kier molecular flexibility index (Phi) is 7.57. The highest BCUT2D eigenvalue weighted by molar-refractivity contribution is 5.91. The van der Waals surface area contributed by atoms with E-state index in [9.17, 15) is 18.0 Å². The van der Waals surface area contributed by atoms with Crippen molar-refractivity contribution in [3.8, 4) is 5.75 Å². The average Bonchev–Trinajstić information content (AvgIpc) is 2.73. The van der Waals surface area contributed by atoms with Crippen LogP contribution in [0.5, 0.6) is 5.75 Å². The predicted molar refractivity (Wildman–Crippen MR) is 111 cm³/mol. The molecule has 1 fully saturated rings. The van der Waals surface area contributed by atoms with Crippen LogP contribution in [0, 0.1) is 35.2 Å². The van der Waals surface area contributed by atoms with Crippen molar-refractivity contribution in [2.45, 2.75) is 58.8 Å². The highest BCUT2D eigenvalue weighted by atomic mass is 19.2. The average molecular weight is 418 g/mol. The molecule has 0 aromatic heterocycles. The van der Waals surface area contributed by atoms with E-state index in [0.717, 1.165) is 23.8 Å². The minimum atomic E-state index is -1.59. The van der Waals surface area contributed by atoms with E-state index in [4.69, 9.17) is 4.74 Å². The molecule has 2 aromatic rings. The van der Waals surface area contributed by atoms with Crippen molar-refractivity contribution in [3.63, 3.8) is 0 Å². The number of hydrogen-bond donors (Lipinski definition) is 0. The van der Waals surface area contributed by atoms with E-state index in [1.54, 1.807) is 12.1 Å². The van der Waals surface area contributed by atoms with Gasteiger partial charge in [0.15, 0.2) is 17.5 Å². The number of carbonyl (C=O) groups is 1. The molecule has 1 aliphatic carbocycles. The Balaban J connectivity index is 1.55. The van der Waals surface area contributed by atoms with Crippen molar-refractivity contribution in [2.24, 2.45) is 17.8 Å². The number of rotatable bonds is 7. The molecule has 1 unspecified atom stereocenters. The predicted octanol–water partition coefficient (Wildman–Crippen LogP) is 7.11. The molecule has 0 spiro atoms. The molecule has 0 aliphatic heterocycles. The van der Waals surface area contributed by atoms with Crippen molar-refractivity contribution >= 4 is 5.97 Å². The number of hydrogen-bond acceptors (Lipinski definition) is 2. The SMILES string of the molecule is CCCC1CCC(C(C)Cc2ccc(C(=O)Oc3cc(F)c(F)c(F)c3)cc2)CC1. The van der Waals surface area contributed by atoms with Gasteiger partial charge in [-0.1, -0.05) is 51.7 Å². The van der Waals surface area contributed by atoms with E-state index in [1.807, 2.05) is 12.1 Å². The number of halogens is 3. The maximum Gasteiger partial charge on any atom is 0.343 e. The van der Waals surface area contributed by atoms with Gasteiger partial charge >= 0.3 is 5.97 Å². The van der Waals surface area contributed by atoms with Crippen molar-refractivity contribution < 1.29 is 22.7 Å². The molecule has 0 amide bonds. The summed E-state index contributed by atoms with van der Waals surface area (Å²) in [5.41, 5.74) is 1.42. The molecule has 3 rings (SSSR count). The van der Waals surface area contributed by atoms with E-state index in [0.29, 0.717) is 18.1 Å². The molecule has 162 valence electrons. The van der Waals surface area contributed by atoms with Gasteiger partial charge in [0.05, 0.1) is 5.56 Å². The standard InChI is InChI=1S/C25H29F3O2/c1-3-4-17-5-9-19(10-6-17)16(2)13-18-7-11-20(12-8-18)25(29)30-21-14-22(26)24(28)23(27)15-21/h7-8,11-12,14-17,19H,3-6,9-10,13H2,1-2H3. The van der Waals surface area contributed by atoms with Gasteiger partial charge in [0, 0.05) is 12.1 Å². The Labute approximate surface area is 176 Å². The Morgan fingerprint density at radius 3 is 2.20 bits per heavy atom. The first-order valence-electron chi connectivity index (χ1n) is 10.8. The summed E-state index contributed by atoms with van der Waals surface area (Å²) in [5.74, 6) is -3.28. The minimum Gasteiger partial charge on any atom is -0.423 e. The molecular formula is C25H29F3O2. The van der Waals surface area contributed by atoms with Gasteiger partial charge in [-0.25, -0.2) is 18.0 Å². The lowest BCUT2D eigenvalue weighted by Gasteiger charge is -2.32. The molecule has 0 N–H and O–H groups in total. The zero-order valence-corrected chi connectivity index (χ0v) is 17.6. The maximum absolute atomic E-state index is 13.3. The zero-order valence-electron chi connectivity index (χ0n) is 17.6. The van der Waals surface area contributed by atoms with E-state index in [2.05, 4.69) is 13.8 Å². The monoisotopic (exact) mass is 418 g/mol. The molecular weight excluding hydrogens is 389 g/mol. The van der Waals surface area contributed by atoms with Crippen LogP contribution in [-0.2, 0) is 6.42 Å². The summed E-state index contributed by atoms with van der Waals surface area (Å²) in [6.45, 7) is 4.55. The van der Waals surface area contributed by atoms with Crippen LogP contribution in [0.4, 0.5) is 13.2 Å². The summed E-state index contributed by atoms with van der Waals surface area (Å²) < 4.78 is 44.5. The quantitative estimate of drug-likeness (QED) is 0.272. The second-order valence-corrected chi connectivity index (χ2v) is 8.54. The van der Waals surface area contributed by atoms with Crippen LogP contribution in [0.3, 0.4) is 0 Å². The number of benzene rings is 2. The smallest absolute Gasteiger partial charge is 0.343 e. The van der Waals surface area contributed by atoms with Crippen LogP contribution in [0.2, 0.25) is 0 Å². The molecule has 1 saturated carbocycles. The van der Waals surface area contributed by atoms with Crippen molar-refractivity contribution in [1.29, 1.82) is 0 Å². The van der Waals surface area contributed by atoms with Crippen LogP contribution < -0.4 is 4.74 Å². The molecule has 2 aromatic carbocycles. The van der Waals surface area contributed by atoms with Crippen LogP contribution in [0.15, 0.2) is 36.4 Å². The van der Waals surface area contributed by atoms with E-state index in [-0.39, 0.29) is 11.3 Å². The van der Waals surface area contributed by atoms with Gasteiger partial charge < -0.3 is 4.74 Å². The van der Waals surface area contributed by atoms with Crippen molar-refractivity contribution in [2.75, 3.05) is 0 Å². The molecule has 0 bridgehead atoms. The van der Waals surface area contributed by atoms with E-state index < -0.39 is 23.4 Å². The van der Waals surface area contributed by atoms with Gasteiger partial charge in [0.1, 0.15) is 5.75 Å². The summed E-state index contributed by atoms with van der Waals surface area (Å²) in [5, 5.41) is 0. The lowest BCUT2D eigenvalue weighted by molar-refractivity contribution is 0.0733. The second-order valence-electron chi connectivity index (χ2n) is 8.54. The number of carbonyl (C=O) groups excluding carboxylic acids is 1. The summed E-state index contributed by atoms with van der Waals surface area (Å²) in [6.07, 6.45) is 8.81. The summed E-state index contributed by atoms with van der Waals surface area (Å²) >= 11 is 0. The molecule has 0 heterocycles. The van der Waals surface area contributed by atoms with Crippen LogP contribution in [0.25, 0.3) is 0 Å². The fourth-order valence-corrected chi connectivity index (χ4v) is 4.53. The van der Waals surface area contributed by atoms with Gasteiger partial charge in [-0.05, 0) is 54.7 Å².